The van der Waals surface area contributed by atoms with Crippen molar-refractivity contribution in [2.75, 3.05) is 6.79 Å². The molecule has 0 spiro atoms. The Hall–Kier alpha value is -1.92. The van der Waals surface area contributed by atoms with E-state index in [-0.39, 0.29) is 23.9 Å². The number of hydrogen-bond acceptors (Lipinski definition) is 3. The van der Waals surface area contributed by atoms with Crippen LogP contribution in [-0.4, -0.2) is 17.9 Å². The van der Waals surface area contributed by atoms with Crippen LogP contribution in [0.4, 0.5) is 13.2 Å². The van der Waals surface area contributed by atoms with E-state index in [2.05, 4.69) is 0 Å². The largest absolute Gasteiger partial charge is 0.481 e. The van der Waals surface area contributed by atoms with Crippen LogP contribution in [0.15, 0.2) is 12.1 Å². The van der Waals surface area contributed by atoms with Crippen LogP contribution >= 0.6 is 0 Å². The second kappa shape index (κ2) is 4.57. The van der Waals surface area contributed by atoms with Crippen molar-refractivity contribution in [1.29, 1.82) is 0 Å². The monoisotopic (exact) mass is 290 g/mol. The molecular formula is C13H13F3O4. The smallest absolute Gasteiger partial charge is 0.416 e. The number of alkyl halides is 3. The van der Waals surface area contributed by atoms with Crippen molar-refractivity contribution in [3.05, 3.63) is 23.3 Å². The van der Waals surface area contributed by atoms with Gasteiger partial charge in [0.2, 0.25) is 6.79 Å². The molecule has 1 heterocycles. The van der Waals surface area contributed by atoms with Crippen molar-refractivity contribution < 1.29 is 32.5 Å². The minimum Gasteiger partial charge on any atom is -0.481 e. The zero-order valence-corrected chi connectivity index (χ0v) is 10.9. The Balaban J connectivity index is 2.65. The molecule has 0 aliphatic carbocycles. The van der Waals surface area contributed by atoms with Crippen LogP contribution in [0, 0.1) is 0 Å². The number of halogens is 3. The predicted octanol–water partition coefficient (Wildman–Crippen LogP) is 3.19. The molecule has 1 N–H and O–H groups in total. The summed E-state index contributed by atoms with van der Waals surface area (Å²) in [6.45, 7) is 2.70. The fraction of sp³-hybridized carbons (Fsp3) is 0.462. The standard InChI is InChI=1S/C13H13F3O4/c1-12(2,5-9(17)18)10-7(13(14,15)16)3-4-8-11(10)20-6-19-8/h3-4H,5-6H2,1-2H3,(H,17,18). The van der Waals surface area contributed by atoms with E-state index in [9.17, 15) is 18.0 Å². The lowest BCUT2D eigenvalue weighted by atomic mass is 9.78. The first kappa shape index (κ1) is 14.5. The Morgan fingerprint density at radius 2 is 1.95 bits per heavy atom. The van der Waals surface area contributed by atoms with Crippen molar-refractivity contribution in [2.24, 2.45) is 0 Å². The summed E-state index contributed by atoms with van der Waals surface area (Å²) in [6, 6.07) is 2.08. The number of carboxylic acid groups (broad SMARTS) is 1. The van der Waals surface area contributed by atoms with E-state index >= 15 is 0 Å². The molecular weight excluding hydrogens is 277 g/mol. The van der Waals surface area contributed by atoms with Crippen molar-refractivity contribution in [3.63, 3.8) is 0 Å². The molecule has 0 fully saturated rings. The molecule has 110 valence electrons. The van der Waals surface area contributed by atoms with Gasteiger partial charge < -0.3 is 14.6 Å². The van der Waals surface area contributed by atoms with Gasteiger partial charge in [-0.2, -0.15) is 13.2 Å². The molecule has 2 rings (SSSR count). The Morgan fingerprint density at radius 1 is 1.30 bits per heavy atom. The van der Waals surface area contributed by atoms with Gasteiger partial charge in [-0.15, -0.1) is 0 Å². The van der Waals surface area contributed by atoms with E-state index in [0.29, 0.717) is 0 Å². The number of carboxylic acids is 1. The van der Waals surface area contributed by atoms with Gasteiger partial charge in [0.25, 0.3) is 0 Å². The summed E-state index contributed by atoms with van der Waals surface area (Å²) in [4.78, 5) is 10.9. The summed E-state index contributed by atoms with van der Waals surface area (Å²) in [5.74, 6) is -1.00. The van der Waals surface area contributed by atoms with E-state index in [4.69, 9.17) is 14.6 Å². The maximum Gasteiger partial charge on any atom is 0.416 e. The number of fused-ring (bicyclic) bond motifs is 1. The van der Waals surface area contributed by atoms with Crippen LogP contribution in [-0.2, 0) is 16.4 Å². The molecule has 0 atom stereocenters. The molecule has 0 saturated heterocycles. The van der Waals surface area contributed by atoms with E-state index in [1.807, 2.05) is 0 Å². The highest BCUT2D eigenvalue weighted by molar-refractivity contribution is 5.70. The molecule has 0 unspecified atom stereocenters. The fourth-order valence-corrected chi connectivity index (χ4v) is 2.35. The Labute approximate surface area is 113 Å². The van der Waals surface area contributed by atoms with Gasteiger partial charge in [0.05, 0.1) is 12.0 Å². The van der Waals surface area contributed by atoms with E-state index < -0.39 is 29.5 Å². The summed E-state index contributed by atoms with van der Waals surface area (Å²) in [7, 11) is 0. The molecule has 7 heteroatoms. The zero-order valence-electron chi connectivity index (χ0n) is 10.9. The third-order valence-corrected chi connectivity index (χ3v) is 3.11. The van der Waals surface area contributed by atoms with Gasteiger partial charge in [0, 0.05) is 11.0 Å². The van der Waals surface area contributed by atoms with Gasteiger partial charge in [0.15, 0.2) is 11.5 Å². The quantitative estimate of drug-likeness (QED) is 0.929. The first-order chi connectivity index (χ1) is 9.13. The van der Waals surface area contributed by atoms with Gasteiger partial charge in [-0.3, -0.25) is 4.79 Å². The first-order valence-electron chi connectivity index (χ1n) is 5.85. The van der Waals surface area contributed by atoms with Gasteiger partial charge in [-0.1, -0.05) is 13.8 Å². The second-order valence-electron chi connectivity index (χ2n) is 5.17. The topological polar surface area (TPSA) is 55.8 Å². The van der Waals surface area contributed by atoms with Crippen LogP contribution in [0.25, 0.3) is 0 Å². The van der Waals surface area contributed by atoms with Crippen molar-refractivity contribution in [3.8, 4) is 11.5 Å². The molecule has 1 aliphatic rings. The average molecular weight is 290 g/mol. The van der Waals surface area contributed by atoms with Gasteiger partial charge in [-0.05, 0) is 12.1 Å². The third kappa shape index (κ3) is 2.52. The Kier molecular flexibility index (Phi) is 3.31. The first-order valence-corrected chi connectivity index (χ1v) is 5.85. The number of aliphatic carboxylic acids is 1. The maximum atomic E-state index is 13.1. The van der Waals surface area contributed by atoms with Gasteiger partial charge in [-0.25, -0.2) is 0 Å². The van der Waals surface area contributed by atoms with Gasteiger partial charge >= 0.3 is 12.1 Å². The lowest BCUT2D eigenvalue weighted by molar-refractivity contribution is -0.141. The lowest BCUT2D eigenvalue weighted by Gasteiger charge is -2.28. The SMILES string of the molecule is CC(C)(CC(=O)O)c1c(C(F)(F)F)ccc2c1OCO2. The third-order valence-electron chi connectivity index (χ3n) is 3.11. The number of benzene rings is 1. The van der Waals surface area contributed by atoms with E-state index in [1.165, 1.54) is 19.9 Å². The second-order valence-corrected chi connectivity index (χ2v) is 5.17. The molecule has 0 bridgehead atoms. The van der Waals surface area contributed by atoms with Crippen LogP contribution in [0.1, 0.15) is 31.4 Å². The lowest BCUT2D eigenvalue weighted by Crippen LogP contribution is -2.26. The molecule has 0 aromatic heterocycles. The number of rotatable bonds is 3. The van der Waals surface area contributed by atoms with Crippen LogP contribution < -0.4 is 9.47 Å². The zero-order chi connectivity index (χ0) is 15.1. The van der Waals surface area contributed by atoms with Crippen LogP contribution in [0.2, 0.25) is 0 Å². The van der Waals surface area contributed by atoms with Crippen molar-refractivity contribution >= 4 is 5.97 Å². The number of carbonyl (C=O) groups is 1. The summed E-state index contributed by atoms with van der Waals surface area (Å²) >= 11 is 0. The van der Waals surface area contributed by atoms with Crippen LogP contribution in [0.5, 0.6) is 11.5 Å². The Morgan fingerprint density at radius 3 is 2.50 bits per heavy atom. The molecule has 0 radical (unpaired) electrons. The fourth-order valence-electron chi connectivity index (χ4n) is 2.35. The molecule has 0 saturated carbocycles. The number of ether oxygens (including phenoxy) is 2. The minimum atomic E-state index is -4.59. The highest BCUT2D eigenvalue weighted by Gasteiger charge is 2.42. The maximum absolute atomic E-state index is 13.1. The molecule has 20 heavy (non-hydrogen) atoms. The highest BCUT2D eigenvalue weighted by Crippen LogP contribution is 2.49. The highest BCUT2D eigenvalue weighted by atomic mass is 19.4. The summed E-state index contributed by atoms with van der Waals surface area (Å²) in [5, 5.41) is 8.90. The van der Waals surface area contributed by atoms with E-state index in [0.717, 1.165) is 6.07 Å². The molecule has 4 nitrogen and oxygen atoms in total. The average Bonchev–Trinajstić information content (AvgIpc) is 2.71. The van der Waals surface area contributed by atoms with Crippen molar-refractivity contribution in [2.45, 2.75) is 31.9 Å². The molecule has 0 amide bonds. The summed E-state index contributed by atoms with van der Waals surface area (Å²) in [5.41, 5.74) is -2.31. The van der Waals surface area contributed by atoms with Gasteiger partial charge in [0.1, 0.15) is 0 Å². The summed E-state index contributed by atoms with van der Waals surface area (Å²) in [6.07, 6.45) is -5.04. The van der Waals surface area contributed by atoms with E-state index in [1.54, 1.807) is 0 Å². The Bertz CT molecular complexity index is 549. The molecule has 1 aromatic rings. The molecule has 1 aliphatic heterocycles. The number of hydrogen-bond donors (Lipinski definition) is 1. The molecule has 1 aromatic carbocycles. The minimum absolute atomic E-state index is 0.0222. The van der Waals surface area contributed by atoms with Crippen molar-refractivity contribution in [1.82, 2.24) is 0 Å². The van der Waals surface area contributed by atoms with Crippen LogP contribution in [0.3, 0.4) is 0 Å². The normalized spacial score (nSPS) is 14.4. The summed E-state index contributed by atoms with van der Waals surface area (Å²) < 4.78 is 49.6. The predicted molar refractivity (Wildman–Crippen MR) is 62.8 cm³/mol.